The Kier molecular flexibility index (Phi) is 3.70. The Morgan fingerprint density at radius 3 is 2.71 bits per heavy atom. The van der Waals surface area contributed by atoms with Crippen LogP contribution in [-0.2, 0) is 0 Å². The molecule has 2 aromatic carbocycles. The van der Waals surface area contributed by atoms with Crippen molar-refractivity contribution in [2.24, 2.45) is 4.99 Å². The van der Waals surface area contributed by atoms with Gasteiger partial charge in [0.05, 0.1) is 11.3 Å². The first-order valence-corrected chi connectivity index (χ1v) is 7.19. The minimum atomic E-state index is 0.641. The highest BCUT2D eigenvalue weighted by Crippen LogP contribution is 2.26. The smallest absolute Gasteiger partial charge is 0.109 e. The van der Waals surface area contributed by atoms with Gasteiger partial charge in [0.1, 0.15) is 11.9 Å². The molecule has 104 valence electrons. The second-order valence-corrected chi connectivity index (χ2v) is 5.25. The van der Waals surface area contributed by atoms with Gasteiger partial charge in [0.25, 0.3) is 0 Å². The third-order valence-electron chi connectivity index (χ3n) is 3.68. The lowest BCUT2D eigenvalue weighted by Gasteiger charge is -2.19. The van der Waals surface area contributed by atoms with E-state index in [0.717, 1.165) is 36.5 Å². The van der Waals surface area contributed by atoms with Crippen molar-refractivity contribution in [2.75, 3.05) is 11.4 Å². The summed E-state index contributed by atoms with van der Waals surface area (Å²) in [5.41, 5.74) is 3.66. The average Bonchev–Trinajstić information content (AvgIpc) is 2.98. The van der Waals surface area contributed by atoms with Crippen LogP contribution < -0.4 is 4.90 Å². The summed E-state index contributed by atoms with van der Waals surface area (Å²) in [5, 5.41) is 9.27. The molecule has 1 saturated heterocycles. The van der Waals surface area contributed by atoms with Gasteiger partial charge in [0, 0.05) is 18.7 Å². The van der Waals surface area contributed by atoms with Gasteiger partial charge in [0.15, 0.2) is 0 Å². The first-order chi connectivity index (χ1) is 10.3. The maximum atomic E-state index is 9.27. The van der Waals surface area contributed by atoms with Crippen molar-refractivity contribution in [2.45, 2.75) is 19.8 Å². The highest BCUT2D eigenvalue weighted by Gasteiger charge is 2.20. The van der Waals surface area contributed by atoms with Crippen LogP contribution in [0.4, 0.5) is 11.4 Å². The van der Waals surface area contributed by atoms with E-state index in [0.29, 0.717) is 5.56 Å². The molecule has 0 atom stereocenters. The summed E-state index contributed by atoms with van der Waals surface area (Å²) in [5.74, 6) is 1.04. The van der Waals surface area contributed by atoms with Crippen molar-refractivity contribution in [3.05, 3.63) is 59.7 Å². The summed E-state index contributed by atoms with van der Waals surface area (Å²) in [6.45, 7) is 2.97. The number of hydrogen-bond donors (Lipinski definition) is 0. The Morgan fingerprint density at radius 1 is 1.14 bits per heavy atom. The normalized spacial score (nSPS) is 16.2. The van der Waals surface area contributed by atoms with Crippen molar-refractivity contribution in [3.63, 3.8) is 0 Å². The number of aliphatic imine (C=N–C) groups is 1. The molecule has 0 bridgehead atoms. The van der Waals surface area contributed by atoms with Crippen LogP contribution in [-0.4, -0.2) is 12.4 Å². The third-order valence-corrected chi connectivity index (χ3v) is 3.68. The van der Waals surface area contributed by atoms with Gasteiger partial charge in [-0.2, -0.15) is 5.26 Å². The summed E-state index contributed by atoms with van der Waals surface area (Å²) in [4.78, 5) is 6.98. The predicted molar refractivity (Wildman–Crippen MR) is 86.0 cm³/mol. The summed E-state index contributed by atoms with van der Waals surface area (Å²) in [7, 11) is 0. The number of aryl methyl sites for hydroxylation is 1. The molecule has 0 aliphatic carbocycles. The number of anilines is 1. The highest BCUT2D eigenvalue weighted by molar-refractivity contribution is 6.01. The van der Waals surface area contributed by atoms with E-state index >= 15 is 0 Å². The van der Waals surface area contributed by atoms with Crippen LogP contribution >= 0.6 is 0 Å². The van der Waals surface area contributed by atoms with Crippen LogP contribution in [0.3, 0.4) is 0 Å². The largest absolute Gasteiger partial charge is 0.330 e. The number of benzene rings is 2. The summed E-state index contributed by atoms with van der Waals surface area (Å²) in [6, 6.07) is 18.4. The van der Waals surface area contributed by atoms with Gasteiger partial charge in [0.2, 0.25) is 0 Å². The van der Waals surface area contributed by atoms with Crippen LogP contribution in [0.1, 0.15) is 24.0 Å². The van der Waals surface area contributed by atoms with E-state index in [1.807, 2.05) is 43.3 Å². The second-order valence-electron chi connectivity index (χ2n) is 5.25. The summed E-state index contributed by atoms with van der Waals surface area (Å²) in [6.07, 6.45) is 2.05. The van der Waals surface area contributed by atoms with Crippen molar-refractivity contribution in [3.8, 4) is 6.07 Å². The van der Waals surface area contributed by atoms with E-state index in [4.69, 9.17) is 4.99 Å². The molecule has 0 aromatic heterocycles. The fourth-order valence-corrected chi connectivity index (χ4v) is 2.64. The Balaban J connectivity index is 1.98. The van der Waals surface area contributed by atoms with Crippen molar-refractivity contribution < 1.29 is 0 Å². The molecule has 1 heterocycles. The lowest BCUT2D eigenvalue weighted by molar-refractivity contribution is 0.956. The van der Waals surface area contributed by atoms with Crippen LogP contribution in [0.2, 0.25) is 0 Å². The number of nitriles is 1. The minimum Gasteiger partial charge on any atom is -0.330 e. The van der Waals surface area contributed by atoms with Gasteiger partial charge in [-0.25, -0.2) is 4.99 Å². The molecule has 0 N–H and O–H groups in total. The van der Waals surface area contributed by atoms with E-state index in [1.165, 1.54) is 5.69 Å². The summed E-state index contributed by atoms with van der Waals surface area (Å²) < 4.78 is 0. The first-order valence-electron chi connectivity index (χ1n) is 7.19. The molecule has 3 heteroatoms. The zero-order valence-corrected chi connectivity index (χ0v) is 12.1. The van der Waals surface area contributed by atoms with Gasteiger partial charge in [-0.3, -0.25) is 0 Å². The second kappa shape index (κ2) is 5.80. The highest BCUT2D eigenvalue weighted by atomic mass is 15.2. The number of rotatable bonds is 2. The van der Waals surface area contributed by atoms with E-state index in [-0.39, 0.29) is 0 Å². The SMILES string of the molecule is Cc1ccc(N=C2CCCN2c2ccccc2)c(C#N)c1. The maximum Gasteiger partial charge on any atom is 0.109 e. The van der Waals surface area contributed by atoms with E-state index < -0.39 is 0 Å². The Hall–Kier alpha value is -2.60. The Morgan fingerprint density at radius 2 is 1.95 bits per heavy atom. The fourth-order valence-electron chi connectivity index (χ4n) is 2.64. The predicted octanol–water partition coefficient (Wildman–Crippen LogP) is 4.20. The number of nitrogens with zero attached hydrogens (tertiary/aromatic N) is 3. The zero-order valence-electron chi connectivity index (χ0n) is 12.1. The monoisotopic (exact) mass is 275 g/mol. The summed E-state index contributed by atoms with van der Waals surface area (Å²) >= 11 is 0. The van der Waals surface area contributed by atoms with Crippen molar-refractivity contribution in [1.82, 2.24) is 0 Å². The van der Waals surface area contributed by atoms with Gasteiger partial charge >= 0.3 is 0 Å². The molecule has 0 saturated carbocycles. The molecular formula is C18H17N3. The van der Waals surface area contributed by atoms with Crippen LogP contribution in [0.5, 0.6) is 0 Å². The number of para-hydroxylation sites is 1. The van der Waals surface area contributed by atoms with Crippen molar-refractivity contribution in [1.29, 1.82) is 5.26 Å². The van der Waals surface area contributed by atoms with Gasteiger partial charge in [-0.1, -0.05) is 24.3 Å². The number of hydrogen-bond acceptors (Lipinski definition) is 2. The zero-order chi connectivity index (χ0) is 14.7. The van der Waals surface area contributed by atoms with E-state index in [1.54, 1.807) is 0 Å². The molecule has 3 nitrogen and oxygen atoms in total. The molecule has 0 amide bonds. The standard InChI is InChI=1S/C18H17N3/c1-14-9-10-17(15(12-14)13-19)20-18-8-5-11-21(18)16-6-3-2-4-7-16/h2-4,6-7,9-10,12H,5,8,11H2,1H3. The number of amidine groups is 1. The molecule has 1 aliphatic heterocycles. The molecular weight excluding hydrogens is 258 g/mol. The first kappa shape index (κ1) is 13.4. The lowest BCUT2D eigenvalue weighted by Crippen LogP contribution is -2.23. The van der Waals surface area contributed by atoms with E-state index in [9.17, 15) is 5.26 Å². The molecule has 0 spiro atoms. The topological polar surface area (TPSA) is 39.4 Å². The van der Waals surface area contributed by atoms with Crippen LogP contribution in [0.25, 0.3) is 0 Å². The van der Waals surface area contributed by atoms with Crippen LogP contribution in [0.15, 0.2) is 53.5 Å². The quantitative estimate of drug-likeness (QED) is 0.824. The minimum absolute atomic E-state index is 0.641. The third kappa shape index (κ3) is 2.80. The van der Waals surface area contributed by atoms with Gasteiger partial charge in [-0.15, -0.1) is 0 Å². The Bertz CT molecular complexity index is 711. The maximum absolute atomic E-state index is 9.27. The fraction of sp³-hybridized carbons (Fsp3) is 0.222. The molecule has 2 aromatic rings. The average molecular weight is 275 g/mol. The molecule has 21 heavy (non-hydrogen) atoms. The molecule has 1 fully saturated rings. The van der Waals surface area contributed by atoms with Gasteiger partial charge in [-0.05, 0) is 43.2 Å². The van der Waals surface area contributed by atoms with Crippen molar-refractivity contribution >= 4 is 17.2 Å². The molecule has 1 aliphatic rings. The lowest BCUT2D eigenvalue weighted by atomic mass is 10.1. The van der Waals surface area contributed by atoms with E-state index in [2.05, 4.69) is 23.1 Å². The molecule has 3 rings (SSSR count). The van der Waals surface area contributed by atoms with Crippen LogP contribution in [0, 0.1) is 18.3 Å². The van der Waals surface area contributed by atoms with Gasteiger partial charge < -0.3 is 4.90 Å². The Labute approximate surface area is 125 Å². The molecule has 0 unspecified atom stereocenters. The molecule has 0 radical (unpaired) electrons.